The number of hydrogen-bond donors (Lipinski definition) is 1. The highest BCUT2D eigenvalue weighted by Gasteiger charge is 2.14. The second-order valence-electron chi connectivity index (χ2n) is 3.24. The summed E-state index contributed by atoms with van der Waals surface area (Å²) < 4.78 is 1.75. The van der Waals surface area contributed by atoms with Gasteiger partial charge in [-0.1, -0.05) is 6.92 Å². The van der Waals surface area contributed by atoms with E-state index in [4.69, 9.17) is 5.11 Å². The first-order valence-electron chi connectivity index (χ1n) is 4.95. The van der Waals surface area contributed by atoms with Gasteiger partial charge in [0.25, 0.3) is 0 Å². The summed E-state index contributed by atoms with van der Waals surface area (Å²) in [6.45, 7) is 1.97. The summed E-state index contributed by atoms with van der Waals surface area (Å²) in [6.07, 6.45) is 5.59. The maximum atomic E-state index is 11.0. The fourth-order valence-electron chi connectivity index (χ4n) is 1.57. The molecule has 1 N–H and O–H groups in total. The SMILES string of the molecule is CCc1nccn1-c1cccnc1C(=O)O. The Balaban J connectivity index is 2.60. The lowest BCUT2D eigenvalue weighted by Gasteiger charge is -2.08. The second kappa shape index (κ2) is 4.14. The van der Waals surface area contributed by atoms with E-state index in [2.05, 4.69) is 9.97 Å². The largest absolute Gasteiger partial charge is 0.476 e. The molecule has 2 rings (SSSR count). The molecule has 16 heavy (non-hydrogen) atoms. The van der Waals surface area contributed by atoms with Gasteiger partial charge in [0.1, 0.15) is 5.82 Å². The first kappa shape index (κ1) is 10.4. The van der Waals surface area contributed by atoms with E-state index in [-0.39, 0.29) is 5.69 Å². The number of carbonyl (C=O) groups is 1. The second-order valence-corrected chi connectivity index (χ2v) is 3.24. The Labute approximate surface area is 92.4 Å². The van der Waals surface area contributed by atoms with Gasteiger partial charge in [-0.15, -0.1) is 0 Å². The van der Waals surface area contributed by atoms with E-state index in [9.17, 15) is 4.79 Å². The highest BCUT2D eigenvalue weighted by Crippen LogP contribution is 2.14. The van der Waals surface area contributed by atoms with Gasteiger partial charge in [-0.05, 0) is 12.1 Å². The summed E-state index contributed by atoms with van der Waals surface area (Å²) in [6, 6.07) is 3.43. The van der Waals surface area contributed by atoms with Crippen molar-refractivity contribution in [2.24, 2.45) is 0 Å². The highest BCUT2D eigenvalue weighted by atomic mass is 16.4. The fraction of sp³-hybridized carbons (Fsp3) is 0.182. The van der Waals surface area contributed by atoms with Crippen molar-refractivity contribution in [3.8, 4) is 5.69 Å². The molecule has 0 radical (unpaired) electrons. The zero-order valence-corrected chi connectivity index (χ0v) is 8.79. The fourth-order valence-corrected chi connectivity index (χ4v) is 1.57. The minimum Gasteiger partial charge on any atom is -0.476 e. The van der Waals surface area contributed by atoms with Crippen LogP contribution in [-0.2, 0) is 6.42 Å². The molecule has 0 saturated heterocycles. The van der Waals surface area contributed by atoms with Crippen molar-refractivity contribution >= 4 is 5.97 Å². The Hall–Kier alpha value is -2.17. The van der Waals surface area contributed by atoms with Crippen LogP contribution in [0, 0.1) is 0 Å². The smallest absolute Gasteiger partial charge is 0.356 e. The number of imidazole rings is 1. The van der Waals surface area contributed by atoms with E-state index < -0.39 is 5.97 Å². The van der Waals surface area contributed by atoms with Crippen LogP contribution in [0.15, 0.2) is 30.7 Å². The number of carboxylic acid groups (broad SMARTS) is 1. The van der Waals surface area contributed by atoms with Gasteiger partial charge in [0.05, 0.1) is 5.69 Å². The molecule has 0 spiro atoms. The summed E-state index contributed by atoms with van der Waals surface area (Å²) in [4.78, 5) is 19.0. The van der Waals surface area contributed by atoms with Crippen LogP contribution in [0.2, 0.25) is 0 Å². The van der Waals surface area contributed by atoms with E-state index in [1.165, 1.54) is 6.20 Å². The molecule has 0 aliphatic rings. The van der Waals surface area contributed by atoms with Crippen LogP contribution < -0.4 is 0 Å². The predicted octanol–water partition coefficient (Wildman–Crippen LogP) is 1.53. The average molecular weight is 217 g/mol. The lowest BCUT2D eigenvalue weighted by molar-refractivity contribution is 0.0690. The van der Waals surface area contributed by atoms with E-state index in [1.807, 2.05) is 6.92 Å². The van der Waals surface area contributed by atoms with Crippen LogP contribution in [-0.4, -0.2) is 25.6 Å². The minimum absolute atomic E-state index is 0.0372. The predicted molar refractivity (Wildman–Crippen MR) is 57.7 cm³/mol. The molecule has 0 atom stereocenters. The number of aromatic carboxylic acids is 1. The van der Waals surface area contributed by atoms with Crippen molar-refractivity contribution in [3.63, 3.8) is 0 Å². The summed E-state index contributed by atoms with van der Waals surface area (Å²) in [5.41, 5.74) is 0.583. The molecule has 0 aliphatic heterocycles. The zero-order chi connectivity index (χ0) is 11.5. The molecule has 0 bridgehead atoms. The van der Waals surface area contributed by atoms with Crippen molar-refractivity contribution in [3.05, 3.63) is 42.2 Å². The van der Waals surface area contributed by atoms with Crippen LogP contribution in [0.5, 0.6) is 0 Å². The molecule has 5 nitrogen and oxygen atoms in total. The van der Waals surface area contributed by atoms with Crippen LogP contribution >= 0.6 is 0 Å². The quantitative estimate of drug-likeness (QED) is 0.846. The van der Waals surface area contributed by atoms with Gasteiger partial charge < -0.3 is 9.67 Å². The van der Waals surface area contributed by atoms with Crippen LogP contribution in [0.3, 0.4) is 0 Å². The summed E-state index contributed by atoms with van der Waals surface area (Å²) in [7, 11) is 0. The van der Waals surface area contributed by atoms with Crippen LogP contribution in [0.25, 0.3) is 5.69 Å². The monoisotopic (exact) mass is 217 g/mol. The molecule has 0 saturated carbocycles. The molecule has 0 aliphatic carbocycles. The topological polar surface area (TPSA) is 68.0 Å². The van der Waals surface area contributed by atoms with Gasteiger partial charge in [0, 0.05) is 25.0 Å². The number of rotatable bonds is 3. The van der Waals surface area contributed by atoms with Crippen molar-refractivity contribution in [2.75, 3.05) is 0 Å². The normalized spacial score (nSPS) is 10.3. The maximum absolute atomic E-state index is 11.0. The molecule has 0 aromatic carbocycles. The number of aromatic nitrogens is 3. The minimum atomic E-state index is -1.04. The summed E-state index contributed by atoms with van der Waals surface area (Å²) in [5, 5.41) is 9.03. The third-order valence-electron chi connectivity index (χ3n) is 2.28. The Kier molecular flexibility index (Phi) is 2.68. The average Bonchev–Trinajstić information content (AvgIpc) is 2.76. The molecule has 2 aromatic heterocycles. The Morgan fingerprint density at radius 3 is 2.94 bits per heavy atom. The van der Waals surface area contributed by atoms with Crippen molar-refractivity contribution in [1.29, 1.82) is 0 Å². The third kappa shape index (κ3) is 1.67. The molecular weight excluding hydrogens is 206 g/mol. The molecule has 0 fully saturated rings. The summed E-state index contributed by atoms with van der Waals surface area (Å²) >= 11 is 0. The Bertz CT molecular complexity index is 519. The van der Waals surface area contributed by atoms with Crippen LogP contribution in [0.4, 0.5) is 0 Å². The van der Waals surface area contributed by atoms with Gasteiger partial charge >= 0.3 is 5.97 Å². The van der Waals surface area contributed by atoms with Gasteiger partial charge in [0.2, 0.25) is 0 Å². The highest BCUT2D eigenvalue weighted by molar-refractivity contribution is 5.89. The van der Waals surface area contributed by atoms with Gasteiger partial charge in [-0.2, -0.15) is 0 Å². The molecule has 82 valence electrons. The lowest BCUT2D eigenvalue weighted by Crippen LogP contribution is -2.09. The van der Waals surface area contributed by atoms with E-state index in [0.29, 0.717) is 5.69 Å². The molecule has 5 heteroatoms. The standard InChI is InChI=1S/C11H11N3O2/c1-2-9-12-6-7-14(9)8-4-3-5-13-10(8)11(15)16/h3-7H,2H2,1H3,(H,15,16). The molecule has 2 heterocycles. The van der Waals surface area contributed by atoms with E-state index in [1.54, 1.807) is 29.1 Å². The number of aryl methyl sites for hydroxylation is 1. The number of pyridine rings is 1. The van der Waals surface area contributed by atoms with Crippen molar-refractivity contribution < 1.29 is 9.90 Å². The summed E-state index contributed by atoms with van der Waals surface area (Å²) in [5.74, 6) is -0.221. The lowest BCUT2D eigenvalue weighted by atomic mass is 10.3. The van der Waals surface area contributed by atoms with E-state index in [0.717, 1.165) is 12.2 Å². The van der Waals surface area contributed by atoms with Crippen molar-refractivity contribution in [2.45, 2.75) is 13.3 Å². The molecule has 2 aromatic rings. The molecular formula is C11H11N3O2. The molecule has 0 amide bonds. The molecule has 0 unspecified atom stereocenters. The van der Waals surface area contributed by atoms with E-state index >= 15 is 0 Å². The van der Waals surface area contributed by atoms with Crippen LogP contribution in [0.1, 0.15) is 23.2 Å². The van der Waals surface area contributed by atoms with Gasteiger partial charge in [-0.3, -0.25) is 0 Å². The number of hydrogen-bond acceptors (Lipinski definition) is 3. The van der Waals surface area contributed by atoms with Gasteiger partial charge in [0.15, 0.2) is 5.69 Å². The third-order valence-corrected chi connectivity index (χ3v) is 2.28. The number of nitrogens with zero attached hydrogens (tertiary/aromatic N) is 3. The van der Waals surface area contributed by atoms with Crippen molar-refractivity contribution in [1.82, 2.24) is 14.5 Å². The number of carboxylic acids is 1. The maximum Gasteiger partial charge on any atom is 0.356 e. The van der Waals surface area contributed by atoms with Gasteiger partial charge in [-0.25, -0.2) is 14.8 Å². The first-order valence-corrected chi connectivity index (χ1v) is 4.95. The zero-order valence-electron chi connectivity index (χ0n) is 8.79. The first-order chi connectivity index (χ1) is 7.74. The Morgan fingerprint density at radius 2 is 2.25 bits per heavy atom. The Morgan fingerprint density at radius 1 is 1.44 bits per heavy atom.